The zero-order chi connectivity index (χ0) is 15.7. The number of anilines is 1. The number of piperidine rings is 1. The molecule has 0 atom stereocenters. The molecule has 118 valence electrons. The molecule has 1 aliphatic carbocycles. The van der Waals surface area contributed by atoms with Gasteiger partial charge in [0.25, 0.3) is 0 Å². The molecule has 0 aromatic heterocycles. The normalized spacial score (nSPS) is 19.1. The quantitative estimate of drug-likeness (QED) is 0.914. The molecule has 6 heteroatoms. The highest BCUT2D eigenvalue weighted by molar-refractivity contribution is 6.35. The van der Waals surface area contributed by atoms with Gasteiger partial charge in [0.15, 0.2) is 0 Å². The molecule has 1 aromatic rings. The predicted octanol–water partition coefficient (Wildman–Crippen LogP) is 3.58. The average molecular weight is 341 g/mol. The van der Waals surface area contributed by atoms with Gasteiger partial charge in [0.1, 0.15) is 0 Å². The van der Waals surface area contributed by atoms with E-state index in [0.29, 0.717) is 41.7 Å². The standard InChI is InChI=1S/C16H18Cl2N2O2/c17-12-3-4-13(18)14(9-12)19-15(21)10-5-7-20(8-6-10)16(22)11-1-2-11/h3-4,9-11H,1-2,5-8H2,(H,19,21). The van der Waals surface area contributed by atoms with Crippen LogP contribution in [0.3, 0.4) is 0 Å². The molecule has 4 nitrogen and oxygen atoms in total. The van der Waals surface area contributed by atoms with E-state index in [1.165, 1.54) is 0 Å². The summed E-state index contributed by atoms with van der Waals surface area (Å²) >= 11 is 12.0. The van der Waals surface area contributed by atoms with Gasteiger partial charge in [-0.3, -0.25) is 9.59 Å². The highest BCUT2D eigenvalue weighted by Crippen LogP contribution is 2.33. The molecule has 2 amide bonds. The number of carbonyl (C=O) groups excluding carboxylic acids is 2. The molecule has 22 heavy (non-hydrogen) atoms. The molecule has 1 saturated carbocycles. The van der Waals surface area contributed by atoms with Crippen molar-refractivity contribution in [1.82, 2.24) is 4.90 Å². The van der Waals surface area contributed by atoms with E-state index >= 15 is 0 Å². The zero-order valence-corrected chi connectivity index (χ0v) is 13.7. The Morgan fingerprint density at radius 2 is 1.73 bits per heavy atom. The molecule has 1 N–H and O–H groups in total. The third kappa shape index (κ3) is 3.55. The summed E-state index contributed by atoms with van der Waals surface area (Å²) in [5.41, 5.74) is 0.538. The van der Waals surface area contributed by atoms with Gasteiger partial charge in [-0.2, -0.15) is 0 Å². The molecule has 3 rings (SSSR count). The summed E-state index contributed by atoms with van der Waals surface area (Å²) in [6, 6.07) is 4.99. The Morgan fingerprint density at radius 1 is 1.05 bits per heavy atom. The maximum atomic E-state index is 12.3. The fourth-order valence-corrected chi connectivity index (χ4v) is 3.12. The number of hydrogen-bond donors (Lipinski definition) is 1. The summed E-state index contributed by atoms with van der Waals surface area (Å²) < 4.78 is 0. The summed E-state index contributed by atoms with van der Waals surface area (Å²) in [6.45, 7) is 1.33. The number of hydrogen-bond acceptors (Lipinski definition) is 2. The molecule has 1 aromatic carbocycles. The lowest BCUT2D eigenvalue weighted by molar-refractivity contribution is -0.135. The Morgan fingerprint density at radius 3 is 2.36 bits per heavy atom. The lowest BCUT2D eigenvalue weighted by atomic mass is 9.95. The van der Waals surface area contributed by atoms with Crippen LogP contribution in [0.5, 0.6) is 0 Å². The number of carbonyl (C=O) groups is 2. The molecular formula is C16H18Cl2N2O2. The number of nitrogens with one attached hydrogen (secondary N) is 1. The second-order valence-corrected chi connectivity index (χ2v) is 6.83. The first-order valence-corrected chi connectivity index (χ1v) is 8.35. The Hall–Kier alpha value is -1.26. The second-order valence-electron chi connectivity index (χ2n) is 5.99. The van der Waals surface area contributed by atoms with Crippen LogP contribution < -0.4 is 5.32 Å². The second kappa shape index (κ2) is 6.47. The molecule has 1 heterocycles. The van der Waals surface area contributed by atoms with Crippen molar-refractivity contribution in [3.63, 3.8) is 0 Å². The molecule has 2 aliphatic rings. The van der Waals surface area contributed by atoms with Crippen molar-refractivity contribution in [3.8, 4) is 0 Å². The minimum absolute atomic E-state index is 0.0531. The highest BCUT2D eigenvalue weighted by Gasteiger charge is 2.36. The number of rotatable bonds is 3. The van der Waals surface area contributed by atoms with E-state index in [1.54, 1.807) is 18.2 Å². The summed E-state index contributed by atoms with van der Waals surface area (Å²) in [7, 11) is 0. The Balaban J connectivity index is 1.55. The molecule has 1 aliphatic heterocycles. The summed E-state index contributed by atoms with van der Waals surface area (Å²) in [6.07, 6.45) is 3.43. The van der Waals surface area contributed by atoms with E-state index in [1.807, 2.05) is 4.90 Å². The van der Waals surface area contributed by atoms with Crippen molar-refractivity contribution >= 4 is 40.7 Å². The van der Waals surface area contributed by atoms with Crippen molar-refractivity contribution in [2.24, 2.45) is 11.8 Å². The van der Waals surface area contributed by atoms with Crippen molar-refractivity contribution in [1.29, 1.82) is 0 Å². The number of nitrogens with zero attached hydrogens (tertiary/aromatic N) is 1. The Kier molecular flexibility index (Phi) is 4.59. The van der Waals surface area contributed by atoms with Gasteiger partial charge in [0.2, 0.25) is 11.8 Å². The smallest absolute Gasteiger partial charge is 0.227 e. The van der Waals surface area contributed by atoms with Gasteiger partial charge in [-0.05, 0) is 43.9 Å². The van der Waals surface area contributed by atoms with Crippen LogP contribution in [0.1, 0.15) is 25.7 Å². The van der Waals surface area contributed by atoms with Gasteiger partial charge in [0, 0.05) is 29.9 Å². The molecule has 1 saturated heterocycles. The summed E-state index contributed by atoms with van der Waals surface area (Å²) in [4.78, 5) is 26.2. The largest absolute Gasteiger partial charge is 0.342 e. The SMILES string of the molecule is O=C(Nc1cc(Cl)ccc1Cl)C1CCN(C(=O)C2CC2)CC1. The van der Waals surface area contributed by atoms with Gasteiger partial charge in [-0.1, -0.05) is 23.2 Å². The van der Waals surface area contributed by atoms with E-state index in [4.69, 9.17) is 23.2 Å². The van der Waals surface area contributed by atoms with Gasteiger partial charge in [-0.15, -0.1) is 0 Å². The first-order chi connectivity index (χ1) is 10.5. The van der Waals surface area contributed by atoms with Gasteiger partial charge in [-0.25, -0.2) is 0 Å². The maximum absolute atomic E-state index is 12.3. The monoisotopic (exact) mass is 340 g/mol. The molecular weight excluding hydrogens is 323 g/mol. The van der Waals surface area contributed by atoms with Crippen LogP contribution in [-0.2, 0) is 9.59 Å². The first kappa shape index (κ1) is 15.6. The van der Waals surface area contributed by atoms with Crippen LogP contribution in [0, 0.1) is 11.8 Å². The predicted molar refractivity (Wildman–Crippen MR) is 87.1 cm³/mol. The summed E-state index contributed by atoms with van der Waals surface area (Å²) in [5.74, 6) is 0.369. The van der Waals surface area contributed by atoms with Crippen LogP contribution in [0.4, 0.5) is 5.69 Å². The highest BCUT2D eigenvalue weighted by atomic mass is 35.5. The third-order valence-corrected chi connectivity index (χ3v) is 4.85. The minimum atomic E-state index is -0.0849. The van der Waals surface area contributed by atoms with E-state index in [0.717, 1.165) is 12.8 Å². The number of benzene rings is 1. The lowest BCUT2D eigenvalue weighted by Crippen LogP contribution is -2.42. The van der Waals surface area contributed by atoms with E-state index in [-0.39, 0.29) is 23.7 Å². The van der Waals surface area contributed by atoms with E-state index < -0.39 is 0 Å². The molecule has 0 radical (unpaired) electrons. The number of halogens is 2. The van der Waals surface area contributed by atoms with Crippen molar-refractivity contribution in [2.45, 2.75) is 25.7 Å². The Bertz CT molecular complexity index is 594. The fourth-order valence-electron chi connectivity index (χ4n) is 2.78. The van der Waals surface area contributed by atoms with Crippen molar-refractivity contribution < 1.29 is 9.59 Å². The van der Waals surface area contributed by atoms with Crippen molar-refractivity contribution in [3.05, 3.63) is 28.2 Å². The van der Waals surface area contributed by atoms with Crippen LogP contribution in [0.25, 0.3) is 0 Å². The van der Waals surface area contributed by atoms with Gasteiger partial charge in [0.05, 0.1) is 10.7 Å². The topological polar surface area (TPSA) is 49.4 Å². The van der Waals surface area contributed by atoms with Crippen molar-refractivity contribution in [2.75, 3.05) is 18.4 Å². The van der Waals surface area contributed by atoms with Crippen LogP contribution in [0.15, 0.2) is 18.2 Å². The minimum Gasteiger partial charge on any atom is -0.342 e. The number of likely N-dealkylation sites (tertiary alicyclic amines) is 1. The number of amides is 2. The Labute approximate surface area is 139 Å². The summed E-state index contributed by atoms with van der Waals surface area (Å²) in [5, 5.41) is 3.84. The van der Waals surface area contributed by atoms with E-state index in [9.17, 15) is 9.59 Å². The molecule has 0 bridgehead atoms. The van der Waals surface area contributed by atoms with Crippen LogP contribution in [0.2, 0.25) is 10.0 Å². The first-order valence-electron chi connectivity index (χ1n) is 7.59. The average Bonchev–Trinajstić information content (AvgIpc) is 3.35. The maximum Gasteiger partial charge on any atom is 0.227 e. The molecule has 2 fully saturated rings. The van der Waals surface area contributed by atoms with Gasteiger partial charge >= 0.3 is 0 Å². The van der Waals surface area contributed by atoms with Crippen LogP contribution in [-0.4, -0.2) is 29.8 Å². The fraction of sp³-hybridized carbons (Fsp3) is 0.500. The van der Waals surface area contributed by atoms with E-state index in [2.05, 4.69) is 5.32 Å². The van der Waals surface area contributed by atoms with Crippen LogP contribution >= 0.6 is 23.2 Å². The third-order valence-electron chi connectivity index (χ3n) is 4.29. The van der Waals surface area contributed by atoms with Gasteiger partial charge < -0.3 is 10.2 Å². The zero-order valence-electron chi connectivity index (χ0n) is 12.1. The molecule has 0 spiro atoms. The molecule has 0 unspecified atom stereocenters. The lowest BCUT2D eigenvalue weighted by Gasteiger charge is -2.31.